The standard InChI is InChI=1S/C27H42N2O/c1-4-12-27(13-5-1)14-8-24(9-15-27)25-6-2-3-7-26(25)29-18-16-28(17-19-29)22-23-10-20-30-21-11-23/h2-3,6-7,23-24H,1,4-5,8-22H2. The minimum atomic E-state index is 0.722. The maximum atomic E-state index is 5.54. The fourth-order valence-corrected chi connectivity index (χ4v) is 6.93. The first kappa shape index (κ1) is 20.8. The molecule has 1 aromatic carbocycles. The highest BCUT2D eigenvalue weighted by Crippen LogP contribution is 2.51. The summed E-state index contributed by atoms with van der Waals surface area (Å²) in [4.78, 5) is 5.41. The summed E-state index contributed by atoms with van der Waals surface area (Å²) < 4.78 is 5.54. The Balaban J connectivity index is 1.18. The molecule has 4 aliphatic rings. The Labute approximate surface area is 184 Å². The minimum Gasteiger partial charge on any atom is -0.381 e. The van der Waals surface area contributed by atoms with Gasteiger partial charge in [-0.15, -0.1) is 0 Å². The molecule has 2 heterocycles. The minimum absolute atomic E-state index is 0.722. The highest BCUT2D eigenvalue weighted by molar-refractivity contribution is 5.55. The Kier molecular flexibility index (Phi) is 6.67. The summed E-state index contributed by atoms with van der Waals surface area (Å²) in [6.45, 7) is 8.05. The number of piperazine rings is 1. The lowest BCUT2D eigenvalue weighted by Gasteiger charge is -2.44. The van der Waals surface area contributed by atoms with Crippen molar-refractivity contribution < 1.29 is 4.74 Å². The molecule has 0 aromatic heterocycles. The molecule has 5 rings (SSSR count). The summed E-state index contributed by atoms with van der Waals surface area (Å²) in [5, 5.41) is 0. The maximum absolute atomic E-state index is 5.54. The second kappa shape index (κ2) is 9.61. The van der Waals surface area contributed by atoms with Crippen molar-refractivity contribution in [1.82, 2.24) is 4.90 Å². The van der Waals surface area contributed by atoms with Gasteiger partial charge in [-0.2, -0.15) is 0 Å². The SMILES string of the molecule is c1ccc(N2CCN(CC3CCOCC3)CC2)c(C2CCC3(CCCCC3)CC2)c1. The van der Waals surface area contributed by atoms with Gasteiger partial charge in [0.1, 0.15) is 0 Å². The average Bonchev–Trinajstić information content (AvgIpc) is 2.82. The van der Waals surface area contributed by atoms with Crippen LogP contribution in [-0.2, 0) is 4.74 Å². The molecule has 2 aliphatic heterocycles. The zero-order valence-corrected chi connectivity index (χ0v) is 19.0. The molecule has 3 heteroatoms. The molecule has 2 saturated heterocycles. The van der Waals surface area contributed by atoms with Crippen molar-refractivity contribution in [3.05, 3.63) is 29.8 Å². The van der Waals surface area contributed by atoms with E-state index in [-0.39, 0.29) is 0 Å². The lowest BCUT2D eigenvalue weighted by atomic mass is 9.62. The normalized spacial score (nSPS) is 26.9. The maximum Gasteiger partial charge on any atom is 0.0469 e. The van der Waals surface area contributed by atoms with Crippen LogP contribution in [0.15, 0.2) is 24.3 Å². The lowest BCUT2D eigenvalue weighted by molar-refractivity contribution is 0.0517. The summed E-state index contributed by atoms with van der Waals surface area (Å²) in [6.07, 6.45) is 15.8. The van der Waals surface area contributed by atoms with Crippen molar-refractivity contribution in [2.45, 2.75) is 76.5 Å². The summed E-state index contributed by atoms with van der Waals surface area (Å²) >= 11 is 0. The van der Waals surface area contributed by atoms with Gasteiger partial charge in [-0.25, -0.2) is 0 Å². The molecule has 166 valence electrons. The van der Waals surface area contributed by atoms with Crippen molar-refractivity contribution in [2.24, 2.45) is 11.3 Å². The Morgan fingerprint density at radius 2 is 1.50 bits per heavy atom. The van der Waals surface area contributed by atoms with Crippen LogP contribution in [-0.4, -0.2) is 50.8 Å². The van der Waals surface area contributed by atoms with Crippen LogP contribution < -0.4 is 4.90 Å². The third-order valence-electron chi connectivity index (χ3n) is 8.91. The van der Waals surface area contributed by atoms with E-state index >= 15 is 0 Å². The van der Waals surface area contributed by atoms with E-state index in [1.165, 1.54) is 103 Å². The predicted molar refractivity (Wildman–Crippen MR) is 125 cm³/mol. The van der Waals surface area contributed by atoms with Gasteiger partial charge in [0.25, 0.3) is 0 Å². The Morgan fingerprint density at radius 3 is 2.23 bits per heavy atom. The molecule has 2 saturated carbocycles. The molecule has 4 fully saturated rings. The van der Waals surface area contributed by atoms with E-state index in [2.05, 4.69) is 34.1 Å². The molecule has 30 heavy (non-hydrogen) atoms. The summed E-state index contributed by atoms with van der Waals surface area (Å²) in [7, 11) is 0. The van der Waals surface area contributed by atoms with E-state index in [1.54, 1.807) is 11.3 Å². The number of benzene rings is 1. The van der Waals surface area contributed by atoms with Crippen LogP contribution in [0.3, 0.4) is 0 Å². The fraction of sp³-hybridized carbons (Fsp3) is 0.778. The van der Waals surface area contributed by atoms with Crippen LogP contribution >= 0.6 is 0 Å². The summed E-state index contributed by atoms with van der Waals surface area (Å²) in [5.74, 6) is 1.64. The van der Waals surface area contributed by atoms with Crippen LogP contribution in [0.25, 0.3) is 0 Å². The van der Waals surface area contributed by atoms with Gasteiger partial charge in [-0.05, 0) is 80.2 Å². The van der Waals surface area contributed by atoms with E-state index in [1.807, 2.05) is 0 Å². The molecule has 0 unspecified atom stereocenters. The molecular weight excluding hydrogens is 368 g/mol. The molecule has 0 bridgehead atoms. The number of rotatable bonds is 4. The van der Waals surface area contributed by atoms with Gasteiger partial charge in [0.2, 0.25) is 0 Å². The monoisotopic (exact) mass is 410 g/mol. The molecule has 0 amide bonds. The van der Waals surface area contributed by atoms with E-state index in [0.29, 0.717) is 0 Å². The summed E-state index contributed by atoms with van der Waals surface area (Å²) in [5.41, 5.74) is 3.92. The molecule has 0 radical (unpaired) electrons. The molecule has 3 nitrogen and oxygen atoms in total. The van der Waals surface area contributed by atoms with Gasteiger partial charge in [-0.3, -0.25) is 4.90 Å². The third-order valence-corrected chi connectivity index (χ3v) is 8.91. The van der Waals surface area contributed by atoms with Gasteiger partial charge in [0.05, 0.1) is 0 Å². The Bertz CT molecular complexity index is 659. The Morgan fingerprint density at radius 1 is 0.800 bits per heavy atom. The van der Waals surface area contributed by atoms with Crippen LogP contribution in [0.2, 0.25) is 0 Å². The van der Waals surface area contributed by atoms with Crippen LogP contribution in [0.5, 0.6) is 0 Å². The highest BCUT2D eigenvalue weighted by Gasteiger charge is 2.37. The molecule has 1 aromatic rings. The number of hydrogen-bond donors (Lipinski definition) is 0. The number of hydrogen-bond acceptors (Lipinski definition) is 3. The van der Waals surface area contributed by atoms with Gasteiger partial charge >= 0.3 is 0 Å². The van der Waals surface area contributed by atoms with E-state index in [0.717, 1.165) is 30.5 Å². The molecule has 2 aliphatic carbocycles. The number of anilines is 1. The molecule has 0 N–H and O–H groups in total. The van der Waals surface area contributed by atoms with Gasteiger partial charge in [0, 0.05) is 51.6 Å². The van der Waals surface area contributed by atoms with Crippen molar-refractivity contribution in [2.75, 3.05) is 50.8 Å². The predicted octanol–water partition coefficient (Wildman–Crippen LogP) is 5.84. The topological polar surface area (TPSA) is 15.7 Å². The fourth-order valence-electron chi connectivity index (χ4n) is 6.93. The van der Waals surface area contributed by atoms with Crippen molar-refractivity contribution in [3.63, 3.8) is 0 Å². The number of para-hydroxylation sites is 1. The largest absolute Gasteiger partial charge is 0.381 e. The lowest BCUT2D eigenvalue weighted by Crippen LogP contribution is -2.48. The van der Waals surface area contributed by atoms with Crippen molar-refractivity contribution in [1.29, 1.82) is 0 Å². The molecule has 1 spiro atoms. The van der Waals surface area contributed by atoms with Crippen LogP contribution in [0, 0.1) is 11.3 Å². The van der Waals surface area contributed by atoms with Crippen molar-refractivity contribution in [3.8, 4) is 0 Å². The van der Waals surface area contributed by atoms with Gasteiger partial charge in [0.15, 0.2) is 0 Å². The second-order valence-electron chi connectivity index (χ2n) is 10.7. The molecular formula is C27H42N2O. The first-order valence-electron chi connectivity index (χ1n) is 13.0. The smallest absolute Gasteiger partial charge is 0.0469 e. The van der Waals surface area contributed by atoms with E-state index in [4.69, 9.17) is 4.74 Å². The van der Waals surface area contributed by atoms with Crippen LogP contribution in [0.1, 0.15) is 82.1 Å². The highest BCUT2D eigenvalue weighted by atomic mass is 16.5. The summed E-state index contributed by atoms with van der Waals surface area (Å²) in [6, 6.07) is 9.41. The molecule has 0 atom stereocenters. The van der Waals surface area contributed by atoms with Crippen molar-refractivity contribution >= 4 is 5.69 Å². The number of ether oxygens (including phenoxy) is 1. The second-order valence-corrected chi connectivity index (χ2v) is 10.7. The third kappa shape index (κ3) is 4.72. The zero-order chi connectivity index (χ0) is 20.2. The quantitative estimate of drug-likeness (QED) is 0.620. The average molecular weight is 411 g/mol. The van der Waals surface area contributed by atoms with Gasteiger partial charge < -0.3 is 9.64 Å². The first-order chi connectivity index (χ1) is 14.8. The zero-order valence-electron chi connectivity index (χ0n) is 19.0. The van der Waals surface area contributed by atoms with Gasteiger partial charge in [-0.1, -0.05) is 37.5 Å². The Hall–Kier alpha value is -1.06. The number of nitrogens with zero attached hydrogens (tertiary/aromatic N) is 2. The van der Waals surface area contributed by atoms with E-state index in [9.17, 15) is 0 Å². The van der Waals surface area contributed by atoms with Crippen LogP contribution in [0.4, 0.5) is 5.69 Å². The first-order valence-corrected chi connectivity index (χ1v) is 13.0. The van der Waals surface area contributed by atoms with E-state index < -0.39 is 0 Å².